The van der Waals surface area contributed by atoms with Crippen molar-refractivity contribution in [3.05, 3.63) is 35.6 Å². The molecule has 0 aromatic heterocycles. The third kappa shape index (κ3) is 4.05. The highest BCUT2D eigenvalue weighted by atomic mass is 32.2. The second-order valence-electron chi connectivity index (χ2n) is 5.81. The van der Waals surface area contributed by atoms with Gasteiger partial charge in [0.2, 0.25) is 11.8 Å². The Labute approximate surface area is 141 Å². The molecule has 2 rings (SSSR count). The number of benzene rings is 1. The molecule has 1 aliphatic heterocycles. The van der Waals surface area contributed by atoms with Gasteiger partial charge in [-0.3, -0.25) is 9.59 Å². The normalized spacial score (nSPS) is 17.9. The molecular weight excluding hydrogens is 315 g/mol. The van der Waals surface area contributed by atoms with Gasteiger partial charge in [0.1, 0.15) is 11.2 Å². The first-order valence-corrected chi connectivity index (χ1v) is 8.95. The summed E-state index contributed by atoms with van der Waals surface area (Å²) < 4.78 is 14.0. The molecule has 1 saturated heterocycles. The molecule has 2 amide bonds. The van der Waals surface area contributed by atoms with E-state index in [1.54, 1.807) is 28.0 Å². The van der Waals surface area contributed by atoms with Gasteiger partial charge in [-0.2, -0.15) is 0 Å². The first-order chi connectivity index (χ1) is 11.0. The van der Waals surface area contributed by atoms with Gasteiger partial charge in [-0.05, 0) is 19.9 Å². The highest BCUT2D eigenvalue weighted by Crippen LogP contribution is 2.39. The van der Waals surface area contributed by atoms with Crippen LogP contribution >= 0.6 is 11.8 Å². The lowest BCUT2D eigenvalue weighted by atomic mass is 10.2. The van der Waals surface area contributed by atoms with E-state index in [-0.39, 0.29) is 29.0 Å². The average molecular weight is 338 g/mol. The molecule has 1 aromatic carbocycles. The van der Waals surface area contributed by atoms with E-state index in [4.69, 9.17) is 0 Å². The highest BCUT2D eigenvalue weighted by Gasteiger charge is 2.34. The van der Waals surface area contributed by atoms with E-state index in [9.17, 15) is 14.0 Å². The number of hydrogen-bond donors (Lipinski definition) is 0. The summed E-state index contributed by atoms with van der Waals surface area (Å²) in [5.74, 6) is 0.121. The molecule has 0 spiro atoms. The van der Waals surface area contributed by atoms with Gasteiger partial charge < -0.3 is 9.80 Å². The second-order valence-corrected chi connectivity index (χ2v) is 6.87. The minimum absolute atomic E-state index is 0.00379. The number of carbonyl (C=O) groups is 2. The zero-order valence-electron chi connectivity index (χ0n) is 13.8. The fourth-order valence-electron chi connectivity index (χ4n) is 2.72. The minimum atomic E-state index is -0.311. The number of rotatable bonds is 6. The lowest BCUT2D eigenvalue weighted by Gasteiger charge is -2.31. The molecule has 0 aliphatic carbocycles. The number of amides is 2. The van der Waals surface area contributed by atoms with Crippen molar-refractivity contribution in [1.29, 1.82) is 0 Å². The first-order valence-electron chi connectivity index (χ1n) is 7.90. The fourth-order valence-corrected chi connectivity index (χ4v) is 3.96. The third-order valence-corrected chi connectivity index (χ3v) is 5.21. The van der Waals surface area contributed by atoms with Crippen LogP contribution in [0.1, 0.15) is 38.1 Å². The minimum Gasteiger partial charge on any atom is -0.339 e. The molecule has 23 heavy (non-hydrogen) atoms. The predicted octanol–water partition coefficient (Wildman–Crippen LogP) is 3.05. The summed E-state index contributed by atoms with van der Waals surface area (Å²) in [6.07, 6.45) is 0.442. The topological polar surface area (TPSA) is 40.6 Å². The lowest BCUT2D eigenvalue weighted by Crippen LogP contribution is -2.43. The lowest BCUT2D eigenvalue weighted by molar-refractivity contribution is -0.135. The van der Waals surface area contributed by atoms with Crippen molar-refractivity contribution >= 4 is 23.6 Å². The van der Waals surface area contributed by atoms with Gasteiger partial charge >= 0.3 is 0 Å². The Morgan fingerprint density at radius 1 is 1.43 bits per heavy atom. The molecule has 0 unspecified atom stereocenters. The molecular formula is C17H23FN2O2S. The summed E-state index contributed by atoms with van der Waals surface area (Å²) in [5.41, 5.74) is 0.529. The van der Waals surface area contributed by atoms with Gasteiger partial charge in [-0.1, -0.05) is 25.1 Å². The van der Waals surface area contributed by atoms with E-state index in [0.717, 1.165) is 0 Å². The van der Waals surface area contributed by atoms with Crippen LogP contribution in [-0.4, -0.2) is 46.5 Å². The van der Waals surface area contributed by atoms with Crippen molar-refractivity contribution in [2.75, 3.05) is 18.8 Å². The van der Waals surface area contributed by atoms with Gasteiger partial charge in [0.05, 0.1) is 5.75 Å². The van der Waals surface area contributed by atoms with E-state index in [1.165, 1.54) is 17.8 Å². The van der Waals surface area contributed by atoms with Crippen molar-refractivity contribution < 1.29 is 14.0 Å². The zero-order valence-corrected chi connectivity index (χ0v) is 14.6. The van der Waals surface area contributed by atoms with E-state index >= 15 is 0 Å². The number of nitrogens with zero attached hydrogens (tertiary/aromatic N) is 2. The predicted molar refractivity (Wildman–Crippen MR) is 90.5 cm³/mol. The fraction of sp³-hybridized carbons (Fsp3) is 0.529. The van der Waals surface area contributed by atoms with Crippen LogP contribution in [0.5, 0.6) is 0 Å². The van der Waals surface area contributed by atoms with Crippen molar-refractivity contribution in [2.45, 2.75) is 38.6 Å². The molecule has 1 aromatic rings. The Morgan fingerprint density at radius 3 is 2.74 bits per heavy atom. The highest BCUT2D eigenvalue weighted by molar-refractivity contribution is 8.00. The van der Waals surface area contributed by atoms with E-state index in [0.29, 0.717) is 30.8 Å². The molecule has 1 aliphatic rings. The number of carbonyl (C=O) groups excluding carboxylic acids is 2. The van der Waals surface area contributed by atoms with Gasteiger partial charge in [0.15, 0.2) is 0 Å². The van der Waals surface area contributed by atoms with E-state index in [1.807, 2.05) is 20.8 Å². The Bertz CT molecular complexity index is 579. The number of halogens is 1. The Hall–Kier alpha value is -1.56. The maximum atomic E-state index is 14.0. The van der Waals surface area contributed by atoms with Crippen molar-refractivity contribution in [3.8, 4) is 0 Å². The summed E-state index contributed by atoms with van der Waals surface area (Å²) in [7, 11) is 0. The van der Waals surface area contributed by atoms with Crippen LogP contribution in [0.15, 0.2) is 24.3 Å². The maximum absolute atomic E-state index is 14.0. The smallest absolute Gasteiger partial charge is 0.233 e. The molecule has 0 N–H and O–H groups in total. The van der Waals surface area contributed by atoms with Crippen LogP contribution in [-0.2, 0) is 9.59 Å². The van der Waals surface area contributed by atoms with Gasteiger partial charge in [-0.25, -0.2) is 4.39 Å². The van der Waals surface area contributed by atoms with Crippen LogP contribution < -0.4 is 0 Å². The van der Waals surface area contributed by atoms with Gasteiger partial charge in [0, 0.05) is 31.1 Å². The molecule has 1 atom stereocenters. The van der Waals surface area contributed by atoms with Gasteiger partial charge in [0.25, 0.3) is 0 Å². The molecule has 0 saturated carbocycles. The second kappa shape index (κ2) is 7.81. The number of hydrogen-bond acceptors (Lipinski definition) is 3. The molecule has 0 bridgehead atoms. The molecule has 6 heteroatoms. The van der Waals surface area contributed by atoms with Crippen LogP contribution in [0.4, 0.5) is 4.39 Å². The summed E-state index contributed by atoms with van der Waals surface area (Å²) in [6.45, 7) is 6.65. The third-order valence-electron chi connectivity index (χ3n) is 3.97. The zero-order chi connectivity index (χ0) is 17.0. The van der Waals surface area contributed by atoms with Crippen molar-refractivity contribution in [3.63, 3.8) is 0 Å². The van der Waals surface area contributed by atoms with Crippen LogP contribution in [0.2, 0.25) is 0 Å². The van der Waals surface area contributed by atoms with Crippen molar-refractivity contribution in [1.82, 2.24) is 9.80 Å². The molecule has 1 fully saturated rings. The van der Waals surface area contributed by atoms with Gasteiger partial charge in [-0.15, -0.1) is 11.8 Å². The molecule has 4 nitrogen and oxygen atoms in total. The average Bonchev–Trinajstić information content (AvgIpc) is 2.88. The molecule has 1 heterocycles. The first kappa shape index (κ1) is 17.8. The Morgan fingerprint density at radius 2 is 2.13 bits per heavy atom. The van der Waals surface area contributed by atoms with Crippen LogP contribution in [0.3, 0.4) is 0 Å². The summed E-state index contributed by atoms with van der Waals surface area (Å²) in [6, 6.07) is 6.64. The Kier molecular flexibility index (Phi) is 6.04. The Balaban J connectivity index is 2.11. The van der Waals surface area contributed by atoms with Crippen LogP contribution in [0.25, 0.3) is 0 Å². The summed E-state index contributed by atoms with van der Waals surface area (Å²) in [5, 5.41) is -0.311. The molecule has 0 radical (unpaired) electrons. The summed E-state index contributed by atoms with van der Waals surface area (Å²) >= 11 is 1.43. The SMILES string of the molecule is CCC(=O)N(CCN1C(=O)CS[C@@H]1c1ccccc1F)C(C)C. The van der Waals surface area contributed by atoms with E-state index < -0.39 is 0 Å². The summed E-state index contributed by atoms with van der Waals surface area (Å²) in [4.78, 5) is 27.6. The quantitative estimate of drug-likeness (QED) is 0.800. The monoisotopic (exact) mass is 338 g/mol. The van der Waals surface area contributed by atoms with Crippen LogP contribution in [0, 0.1) is 5.82 Å². The van der Waals surface area contributed by atoms with E-state index in [2.05, 4.69) is 0 Å². The largest absolute Gasteiger partial charge is 0.339 e. The molecule has 126 valence electrons. The maximum Gasteiger partial charge on any atom is 0.233 e. The standard InChI is InChI=1S/C17H23FN2O2S/c1-4-15(21)19(12(2)3)9-10-20-16(22)11-23-17(20)13-7-5-6-8-14(13)18/h5-8,12,17H,4,9-11H2,1-3H3/t17-/m1/s1. The van der Waals surface area contributed by atoms with Crippen molar-refractivity contribution in [2.24, 2.45) is 0 Å². The number of thioether (sulfide) groups is 1.